The highest BCUT2D eigenvalue weighted by Gasteiger charge is 2.26. The number of carbonyl (C=O) groups excluding carboxylic acids is 2. The Morgan fingerprint density at radius 2 is 1.68 bits per heavy atom. The molecule has 1 aliphatic rings. The Balaban J connectivity index is 1.53. The Kier molecular flexibility index (Phi) is 5.98. The predicted octanol–water partition coefficient (Wildman–Crippen LogP) is 3.02. The van der Waals surface area contributed by atoms with Gasteiger partial charge in [0.05, 0.1) is 10.5 Å². The van der Waals surface area contributed by atoms with Crippen LogP contribution in [0.25, 0.3) is 0 Å². The van der Waals surface area contributed by atoms with Crippen molar-refractivity contribution in [2.75, 3.05) is 19.6 Å². The van der Waals surface area contributed by atoms with Crippen molar-refractivity contribution in [2.24, 2.45) is 5.92 Å². The van der Waals surface area contributed by atoms with E-state index in [9.17, 15) is 24.1 Å². The molecule has 0 radical (unpaired) electrons. The van der Waals surface area contributed by atoms with E-state index in [1.54, 1.807) is 17.0 Å². The third kappa shape index (κ3) is 4.33. The lowest BCUT2D eigenvalue weighted by Gasteiger charge is -2.32. The molecule has 1 aliphatic heterocycles. The van der Waals surface area contributed by atoms with Crippen molar-refractivity contribution in [1.29, 1.82) is 0 Å². The van der Waals surface area contributed by atoms with Crippen molar-refractivity contribution in [2.45, 2.75) is 12.8 Å². The second-order valence-corrected chi connectivity index (χ2v) is 6.70. The van der Waals surface area contributed by atoms with E-state index in [0.29, 0.717) is 32.5 Å². The summed E-state index contributed by atoms with van der Waals surface area (Å²) in [7, 11) is 0. The van der Waals surface area contributed by atoms with Gasteiger partial charge in [0.15, 0.2) is 0 Å². The quantitative estimate of drug-likeness (QED) is 0.632. The zero-order chi connectivity index (χ0) is 20.1. The number of para-hydroxylation sites is 1. The number of nitro benzene ring substituents is 1. The molecule has 0 bridgehead atoms. The minimum absolute atomic E-state index is 0.0275. The van der Waals surface area contributed by atoms with Crippen molar-refractivity contribution in [1.82, 2.24) is 10.2 Å². The summed E-state index contributed by atoms with van der Waals surface area (Å²) >= 11 is 0. The second kappa shape index (κ2) is 8.60. The maximum Gasteiger partial charge on any atom is 0.282 e. The molecule has 1 fully saturated rings. The molecule has 7 nitrogen and oxygen atoms in total. The summed E-state index contributed by atoms with van der Waals surface area (Å²) < 4.78 is 13.8. The van der Waals surface area contributed by atoms with Gasteiger partial charge in [-0.3, -0.25) is 19.7 Å². The van der Waals surface area contributed by atoms with Gasteiger partial charge in [-0.15, -0.1) is 0 Å². The second-order valence-electron chi connectivity index (χ2n) is 6.70. The highest BCUT2D eigenvalue weighted by Crippen LogP contribution is 2.21. The van der Waals surface area contributed by atoms with Gasteiger partial charge in [-0.25, -0.2) is 4.39 Å². The van der Waals surface area contributed by atoms with Crippen LogP contribution in [0.2, 0.25) is 0 Å². The summed E-state index contributed by atoms with van der Waals surface area (Å²) in [6, 6.07) is 11.7. The molecule has 1 N–H and O–H groups in total. The van der Waals surface area contributed by atoms with E-state index in [1.807, 2.05) is 0 Å². The molecule has 0 aromatic heterocycles. The number of nitrogens with one attached hydrogen (secondary N) is 1. The van der Waals surface area contributed by atoms with E-state index in [-0.39, 0.29) is 28.6 Å². The minimum atomic E-state index is -0.582. The summed E-state index contributed by atoms with van der Waals surface area (Å²) in [5.74, 6) is -1.21. The molecule has 0 saturated carbocycles. The molecule has 2 amide bonds. The number of halogens is 1. The highest BCUT2D eigenvalue weighted by molar-refractivity contribution is 5.98. The molecule has 28 heavy (non-hydrogen) atoms. The van der Waals surface area contributed by atoms with E-state index in [4.69, 9.17) is 0 Å². The third-order valence-electron chi connectivity index (χ3n) is 4.90. The normalized spacial score (nSPS) is 14.5. The first kappa shape index (κ1) is 19.5. The van der Waals surface area contributed by atoms with Crippen molar-refractivity contribution in [3.8, 4) is 0 Å². The maximum atomic E-state index is 13.8. The van der Waals surface area contributed by atoms with E-state index < -0.39 is 16.6 Å². The number of hydrogen-bond donors (Lipinski definition) is 1. The van der Waals surface area contributed by atoms with Crippen molar-refractivity contribution >= 4 is 17.5 Å². The average Bonchev–Trinajstić information content (AvgIpc) is 2.72. The molecule has 2 aromatic carbocycles. The summed E-state index contributed by atoms with van der Waals surface area (Å²) in [5.41, 5.74) is -0.143. The van der Waals surface area contributed by atoms with Gasteiger partial charge in [-0.05, 0) is 37.0 Å². The summed E-state index contributed by atoms with van der Waals surface area (Å²) in [5, 5.41) is 13.8. The zero-order valence-corrected chi connectivity index (χ0v) is 15.1. The van der Waals surface area contributed by atoms with Gasteiger partial charge < -0.3 is 10.2 Å². The van der Waals surface area contributed by atoms with Crippen LogP contribution in [0.15, 0.2) is 48.5 Å². The van der Waals surface area contributed by atoms with Crippen LogP contribution in [-0.2, 0) is 0 Å². The van der Waals surface area contributed by atoms with Gasteiger partial charge in [0, 0.05) is 25.7 Å². The largest absolute Gasteiger partial charge is 0.352 e. The number of likely N-dealkylation sites (tertiary alicyclic amines) is 1. The Bertz CT molecular complexity index is 895. The van der Waals surface area contributed by atoms with Crippen molar-refractivity contribution in [3.63, 3.8) is 0 Å². The third-order valence-corrected chi connectivity index (χ3v) is 4.90. The smallest absolute Gasteiger partial charge is 0.282 e. The monoisotopic (exact) mass is 385 g/mol. The fourth-order valence-corrected chi connectivity index (χ4v) is 3.30. The molecular formula is C20H20FN3O4. The van der Waals surface area contributed by atoms with Crippen LogP contribution in [0, 0.1) is 21.8 Å². The van der Waals surface area contributed by atoms with Gasteiger partial charge in [0.2, 0.25) is 0 Å². The molecule has 0 aliphatic carbocycles. The van der Waals surface area contributed by atoms with Gasteiger partial charge >= 0.3 is 0 Å². The molecule has 8 heteroatoms. The number of carbonyl (C=O) groups is 2. The van der Waals surface area contributed by atoms with E-state index >= 15 is 0 Å². The van der Waals surface area contributed by atoms with E-state index in [0.717, 1.165) is 0 Å². The molecule has 146 valence electrons. The van der Waals surface area contributed by atoms with Gasteiger partial charge in [0.1, 0.15) is 11.4 Å². The molecule has 1 heterocycles. The fraction of sp³-hybridized carbons (Fsp3) is 0.300. The molecule has 0 atom stereocenters. The Labute approximate surface area is 161 Å². The van der Waals surface area contributed by atoms with Crippen LogP contribution in [0.4, 0.5) is 10.1 Å². The van der Waals surface area contributed by atoms with Gasteiger partial charge in [-0.1, -0.05) is 24.3 Å². The highest BCUT2D eigenvalue weighted by atomic mass is 19.1. The van der Waals surface area contributed by atoms with Crippen molar-refractivity contribution < 1.29 is 18.9 Å². The predicted molar refractivity (Wildman–Crippen MR) is 100 cm³/mol. The lowest BCUT2D eigenvalue weighted by molar-refractivity contribution is -0.385. The summed E-state index contributed by atoms with van der Waals surface area (Å²) in [6.45, 7) is 1.31. The van der Waals surface area contributed by atoms with Crippen LogP contribution in [0.1, 0.15) is 33.6 Å². The topological polar surface area (TPSA) is 92.6 Å². The minimum Gasteiger partial charge on any atom is -0.352 e. The Morgan fingerprint density at radius 3 is 2.32 bits per heavy atom. The number of nitrogens with zero attached hydrogens (tertiary/aromatic N) is 2. The molecule has 1 saturated heterocycles. The van der Waals surface area contributed by atoms with Gasteiger partial charge in [0.25, 0.3) is 17.5 Å². The summed E-state index contributed by atoms with van der Waals surface area (Å²) in [6.07, 6.45) is 1.33. The molecular weight excluding hydrogens is 365 g/mol. The maximum absolute atomic E-state index is 13.8. The standard InChI is InChI=1S/C20H20FN3O4/c21-17-7-3-1-5-15(17)20(26)23-11-9-14(10-12-23)13-22-19(25)16-6-2-4-8-18(16)24(27)28/h1-8,14H,9-13H2,(H,22,25). The van der Waals surface area contributed by atoms with Crippen LogP contribution in [0.3, 0.4) is 0 Å². The lowest BCUT2D eigenvalue weighted by atomic mass is 9.96. The van der Waals surface area contributed by atoms with Crippen LogP contribution < -0.4 is 5.32 Å². The Morgan fingerprint density at radius 1 is 1.07 bits per heavy atom. The first-order chi connectivity index (χ1) is 13.5. The fourth-order valence-electron chi connectivity index (χ4n) is 3.30. The van der Waals surface area contributed by atoms with Crippen LogP contribution in [0.5, 0.6) is 0 Å². The zero-order valence-electron chi connectivity index (χ0n) is 15.1. The number of rotatable bonds is 5. The molecule has 2 aromatic rings. The average molecular weight is 385 g/mol. The van der Waals surface area contributed by atoms with Gasteiger partial charge in [-0.2, -0.15) is 0 Å². The Hall–Kier alpha value is -3.29. The summed E-state index contributed by atoms with van der Waals surface area (Å²) in [4.78, 5) is 36.8. The van der Waals surface area contributed by atoms with Crippen LogP contribution in [-0.4, -0.2) is 41.3 Å². The van der Waals surface area contributed by atoms with E-state index in [1.165, 1.54) is 36.4 Å². The lowest BCUT2D eigenvalue weighted by Crippen LogP contribution is -2.41. The number of nitro groups is 1. The number of amides is 2. The first-order valence-electron chi connectivity index (χ1n) is 9.03. The SMILES string of the molecule is O=C(NCC1CCN(C(=O)c2ccccc2F)CC1)c1ccccc1[N+](=O)[O-]. The van der Waals surface area contributed by atoms with Crippen LogP contribution >= 0.6 is 0 Å². The molecule has 0 unspecified atom stereocenters. The number of benzene rings is 2. The first-order valence-corrected chi connectivity index (χ1v) is 9.03. The van der Waals surface area contributed by atoms with Crippen molar-refractivity contribution in [3.05, 3.63) is 75.6 Å². The molecule has 3 rings (SSSR count). The molecule has 0 spiro atoms. The van der Waals surface area contributed by atoms with E-state index in [2.05, 4.69) is 5.32 Å². The number of piperidine rings is 1. The number of hydrogen-bond acceptors (Lipinski definition) is 4.